The zero-order chi connectivity index (χ0) is 21.6. The van der Waals surface area contributed by atoms with E-state index in [-0.39, 0.29) is 12.1 Å². The Kier molecular flexibility index (Phi) is 6.82. The summed E-state index contributed by atoms with van der Waals surface area (Å²) in [5.41, 5.74) is 1.82. The number of carbonyl (C=O) groups is 1. The molecule has 0 saturated carbocycles. The van der Waals surface area contributed by atoms with Crippen molar-refractivity contribution >= 4 is 17.4 Å². The molecule has 0 aromatic heterocycles. The molecule has 166 valence electrons. The first-order valence-corrected chi connectivity index (χ1v) is 11.0. The second-order valence-electron chi connectivity index (χ2n) is 8.22. The van der Waals surface area contributed by atoms with Crippen LogP contribution in [-0.4, -0.2) is 75.4 Å². The van der Waals surface area contributed by atoms with Crippen molar-refractivity contribution in [3.05, 3.63) is 48.5 Å². The number of nitrogens with one attached hydrogen (secondary N) is 1. The highest BCUT2D eigenvalue weighted by Gasteiger charge is 2.25. The summed E-state index contributed by atoms with van der Waals surface area (Å²) in [4.78, 5) is 19.3. The van der Waals surface area contributed by atoms with E-state index >= 15 is 0 Å². The van der Waals surface area contributed by atoms with Crippen LogP contribution in [0.2, 0.25) is 0 Å². The van der Waals surface area contributed by atoms with Crippen molar-refractivity contribution in [3.63, 3.8) is 0 Å². The number of nitrogens with zero attached hydrogens (tertiary/aromatic N) is 3. The van der Waals surface area contributed by atoms with Gasteiger partial charge in [-0.15, -0.1) is 0 Å². The molecule has 4 rings (SSSR count). The second-order valence-corrected chi connectivity index (χ2v) is 8.22. The Morgan fingerprint density at radius 3 is 2.35 bits per heavy atom. The highest BCUT2D eigenvalue weighted by Crippen LogP contribution is 2.32. The van der Waals surface area contributed by atoms with Gasteiger partial charge in [0.1, 0.15) is 17.6 Å². The first-order chi connectivity index (χ1) is 15.1. The summed E-state index contributed by atoms with van der Waals surface area (Å²) < 4.78 is 11.6. The molecule has 0 unspecified atom stereocenters. The van der Waals surface area contributed by atoms with Crippen LogP contribution in [0, 0.1) is 0 Å². The number of likely N-dealkylation sites (N-methyl/N-ethyl adjacent to an activating group) is 1. The topological polar surface area (TPSA) is 57.3 Å². The number of amides is 2. The Hall–Kier alpha value is -2.93. The van der Waals surface area contributed by atoms with Gasteiger partial charge in [0.15, 0.2) is 0 Å². The minimum Gasteiger partial charge on any atom is -0.495 e. The third-order valence-corrected chi connectivity index (χ3v) is 6.05. The first kappa shape index (κ1) is 21.3. The number of anilines is 2. The predicted octanol–water partition coefficient (Wildman–Crippen LogP) is 3.52. The standard InChI is InChI=1S/C24H32N4O3/c1-26-14-16-27(17-15-26)22-18-19(8-9-23(22)30-2)25-24(29)28-12-10-21(11-13-28)31-20-6-4-3-5-7-20/h3-9,18,21H,10-17H2,1-2H3,(H,25,29). The Morgan fingerprint density at radius 1 is 0.968 bits per heavy atom. The number of ether oxygens (including phenoxy) is 2. The van der Waals surface area contributed by atoms with Crippen LogP contribution < -0.4 is 19.7 Å². The van der Waals surface area contributed by atoms with Gasteiger partial charge < -0.3 is 29.5 Å². The fourth-order valence-corrected chi connectivity index (χ4v) is 4.13. The van der Waals surface area contributed by atoms with E-state index in [0.29, 0.717) is 13.1 Å². The Bertz CT molecular complexity index is 860. The molecule has 2 saturated heterocycles. The molecule has 0 radical (unpaired) electrons. The minimum absolute atomic E-state index is 0.0624. The van der Waals surface area contributed by atoms with E-state index in [1.165, 1.54) is 0 Å². The molecule has 0 atom stereocenters. The van der Waals surface area contributed by atoms with Crippen LogP contribution in [0.5, 0.6) is 11.5 Å². The van der Waals surface area contributed by atoms with Crippen LogP contribution in [0.1, 0.15) is 12.8 Å². The summed E-state index contributed by atoms with van der Waals surface area (Å²) in [6.07, 6.45) is 1.81. The quantitative estimate of drug-likeness (QED) is 0.796. The molecular weight excluding hydrogens is 392 g/mol. The largest absolute Gasteiger partial charge is 0.495 e. The number of piperidine rings is 1. The number of hydrogen-bond acceptors (Lipinski definition) is 5. The molecule has 0 aliphatic carbocycles. The van der Waals surface area contributed by atoms with Crippen LogP contribution in [0.25, 0.3) is 0 Å². The molecule has 2 aliphatic heterocycles. The van der Waals surface area contributed by atoms with Gasteiger partial charge in [0.25, 0.3) is 0 Å². The number of benzene rings is 2. The molecule has 1 N–H and O–H groups in total. The number of carbonyl (C=O) groups excluding carboxylic acids is 1. The van der Waals surface area contributed by atoms with Crippen molar-refractivity contribution in [2.24, 2.45) is 0 Å². The molecule has 0 bridgehead atoms. The highest BCUT2D eigenvalue weighted by molar-refractivity contribution is 5.90. The summed E-state index contributed by atoms with van der Waals surface area (Å²) in [5.74, 6) is 1.72. The van der Waals surface area contributed by atoms with Crippen molar-refractivity contribution in [2.45, 2.75) is 18.9 Å². The van der Waals surface area contributed by atoms with E-state index in [4.69, 9.17) is 9.47 Å². The Balaban J connectivity index is 1.34. The maximum Gasteiger partial charge on any atom is 0.321 e. The number of likely N-dealkylation sites (tertiary alicyclic amines) is 1. The fourth-order valence-electron chi connectivity index (χ4n) is 4.13. The maximum atomic E-state index is 12.8. The molecular formula is C24H32N4O3. The third-order valence-electron chi connectivity index (χ3n) is 6.05. The van der Waals surface area contributed by atoms with Gasteiger partial charge in [-0.1, -0.05) is 18.2 Å². The van der Waals surface area contributed by atoms with Crippen molar-refractivity contribution in [2.75, 3.05) is 63.6 Å². The summed E-state index contributed by atoms with van der Waals surface area (Å²) >= 11 is 0. The molecule has 2 aromatic rings. The van der Waals surface area contributed by atoms with Gasteiger partial charge in [0, 0.05) is 57.8 Å². The number of urea groups is 1. The molecule has 2 heterocycles. The van der Waals surface area contributed by atoms with E-state index < -0.39 is 0 Å². The van der Waals surface area contributed by atoms with Crippen LogP contribution in [-0.2, 0) is 0 Å². The van der Waals surface area contributed by atoms with E-state index in [0.717, 1.165) is 61.9 Å². The average Bonchev–Trinajstić information content (AvgIpc) is 2.81. The van der Waals surface area contributed by atoms with Gasteiger partial charge in [-0.3, -0.25) is 0 Å². The minimum atomic E-state index is -0.0624. The highest BCUT2D eigenvalue weighted by atomic mass is 16.5. The first-order valence-electron chi connectivity index (χ1n) is 11.0. The molecule has 2 aromatic carbocycles. The number of rotatable bonds is 5. The van der Waals surface area contributed by atoms with E-state index in [9.17, 15) is 4.79 Å². The number of para-hydroxylation sites is 1. The van der Waals surface area contributed by atoms with Crippen molar-refractivity contribution in [3.8, 4) is 11.5 Å². The monoisotopic (exact) mass is 424 g/mol. The maximum absolute atomic E-state index is 12.8. The summed E-state index contributed by atoms with van der Waals surface area (Å²) in [6, 6.07) is 15.7. The van der Waals surface area contributed by atoms with E-state index in [1.807, 2.05) is 53.4 Å². The predicted molar refractivity (Wildman–Crippen MR) is 123 cm³/mol. The lowest BCUT2D eigenvalue weighted by atomic mass is 10.1. The normalized spacial score (nSPS) is 18.0. The fraction of sp³-hybridized carbons (Fsp3) is 0.458. The molecule has 7 nitrogen and oxygen atoms in total. The Labute approximate surface area is 184 Å². The van der Waals surface area contributed by atoms with E-state index in [1.54, 1.807) is 7.11 Å². The van der Waals surface area contributed by atoms with Crippen LogP contribution in [0.4, 0.5) is 16.2 Å². The van der Waals surface area contributed by atoms with Gasteiger partial charge in [0.05, 0.1) is 12.8 Å². The summed E-state index contributed by atoms with van der Waals surface area (Å²) in [7, 11) is 3.83. The zero-order valence-corrected chi connectivity index (χ0v) is 18.4. The number of hydrogen-bond donors (Lipinski definition) is 1. The molecule has 2 fully saturated rings. The van der Waals surface area contributed by atoms with Crippen molar-refractivity contribution < 1.29 is 14.3 Å². The van der Waals surface area contributed by atoms with Gasteiger partial charge in [-0.2, -0.15) is 0 Å². The molecule has 0 spiro atoms. The van der Waals surface area contributed by atoms with Gasteiger partial charge >= 0.3 is 6.03 Å². The molecule has 2 amide bonds. The third kappa shape index (κ3) is 5.41. The summed E-state index contributed by atoms with van der Waals surface area (Å²) in [6.45, 7) is 5.29. The van der Waals surface area contributed by atoms with Crippen molar-refractivity contribution in [1.29, 1.82) is 0 Å². The smallest absolute Gasteiger partial charge is 0.321 e. The van der Waals surface area contributed by atoms with Gasteiger partial charge in [-0.25, -0.2) is 4.79 Å². The Morgan fingerprint density at radius 2 is 1.68 bits per heavy atom. The molecule has 31 heavy (non-hydrogen) atoms. The lowest BCUT2D eigenvalue weighted by Crippen LogP contribution is -2.44. The van der Waals surface area contributed by atoms with Crippen LogP contribution >= 0.6 is 0 Å². The average molecular weight is 425 g/mol. The molecule has 7 heteroatoms. The zero-order valence-electron chi connectivity index (χ0n) is 18.4. The second kappa shape index (κ2) is 9.92. The molecule has 2 aliphatic rings. The lowest BCUT2D eigenvalue weighted by molar-refractivity contribution is 0.115. The number of piperazine rings is 1. The van der Waals surface area contributed by atoms with Crippen molar-refractivity contribution in [1.82, 2.24) is 9.80 Å². The summed E-state index contributed by atoms with van der Waals surface area (Å²) in [5, 5.41) is 3.07. The SMILES string of the molecule is COc1ccc(NC(=O)N2CCC(Oc3ccccc3)CC2)cc1N1CCN(C)CC1. The van der Waals surface area contributed by atoms with E-state index in [2.05, 4.69) is 22.2 Å². The van der Waals surface area contributed by atoms with Gasteiger partial charge in [0.2, 0.25) is 0 Å². The van der Waals surface area contributed by atoms with Crippen LogP contribution in [0.3, 0.4) is 0 Å². The van der Waals surface area contributed by atoms with Crippen LogP contribution in [0.15, 0.2) is 48.5 Å². The van der Waals surface area contributed by atoms with Gasteiger partial charge in [-0.05, 0) is 37.4 Å². The lowest BCUT2D eigenvalue weighted by Gasteiger charge is -2.35. The number of methoxy groups -OCH3 is 1.